The van der Waals surface area contributed by atoms with E-state index in [0.29, 0.717) is 5.92 Å². The van der Waals surface area contributed by atoms with Crippen molar-refractivity contribution in [3.8, 4) is 5.75 Å². The Bertz CT molecular complexity index is 595. The van der Waals surface area contributed by atoms with Gasteiger partial charge in [-0.1, -0.05) is 12.1 Å². The molecule has 0 saturated carbocycles. The van der Waals surface area contributed by atoms with Crippen LogP contribution < -0.4 is 4.74 Å². The van der Waals surface area contributed by atoms with E-state index in [2.05, 4.69) is 33.3 Å². The van der Waals surface area contributed by atoms with E-state index in [9.17, 15) is 0 Å². The number of nitrogens with zero attached hydrogens (tertiary/aromatic N) is 4. The van der Waals surface area contributed by atoms with Crippen molar-refractivity contribution in [2.45, 2.75) is 25.3 Å². The van der Waals surface area contributed by atoms with Crippen molar-refractivity contribution >= 4 is 0 Å². The monoisotopic (exact) mass is 286 g/mol. The van der Waals surface area contributed by atoms with Gasteiger partial charge >= 0.3 is 0 Å². The van der Waals surface area contributed by atoms with Crippen molar-refractivity contribution < 1.29 is 4.74 Å². The molecule has 0 aliphatic carbocycles. The van der Waals surface area contributed by atoms with E-state index in [4.69, 9.17) is 4.74 Å². The number of likely N-dealkylation sites (tertiary alicyclic amines) is 1. The minimum atomic E-state index is 0.483. The number of rotatable bonds is 4. The quantitative estimate of drug-likeness (QED) is 0.864. The highest BCUT2D eigenvalue weighted by molar-refractivity contribution is 5.28. The van der Waals surface area contributed by atoms with Gasteiger partial charge in [-0.3, -0.25) is 4.90 Å². The van der Waals surface area contributed by atoms with Gasteiger partial charge in [0.2, 0.25) is 0 Å². The second kappa shape index (κ2) is 6.26. The molecule has 2 heterocycles. The molecule has 1 unspecified atom stereocenters. The number of hydrogen-bond donors (Lipinski definition) is 0. The van der Waals surface area contributed by atoms with Crippen LogP contribution in [0.1, 0.15) is 30.1 Å². The summed E-state index contributed by atoms with van der Waals surface area (Å²) in [5.74, 6) is 2.51. The number of hydrogen-bond acceptors (Lipinski definition) is 4. The highest BCUT2D eigenvalue weighted by Gasteiger charge is 2.24. The predicted octanol–water partition coefficient (Wildman–Crippen LogP) is 2.20. The van der Waals surface area contributed by atoms with E-state index >= 15 is 0 Å². The van der Waals surface area contributed by atoms with Crippen LogP contribution >= 0.6 is 0 Å². The molecule has 1 aromatic carbocycles. The van der Waals surface area contributed by atoms with E-state index in [1.54, 1.807) is 13.4 Å². The first-order valence-corrected chi connectivity index (χ1v) is 7.45. The Kier molecular flexibility index (Phi) is 4.20. The summed E-state index contributed by atoms with van der Waals surface area (Å²) < 4.78 is 7.34. The summed E-state index contributed by atoms with van der Waals surface area (Å²) in [6.45, 7) is 3.15. The van der Waals surface area contributed by atoms with E-state index in [0.717, 1.165) is 31.2 Å². The molecular weight excluding hydrogens is 264 g/mol. The third-order valence-electron chi connectivity index (χ3n) is 4.16. The zero-order valence-corrected chi connectivity index (χ0v) is 12.7. The van der Waals surface area contributed by atoms with Gasteiger partial charge in [0, 0.05) is 26.1 Å². The van der Waals surface area contributed by atoms with Gasteiger partial charge in [0.15, 0.2) is 0 Å². The molecule has 1 saturated heterocycles. The number of methoxy groups -OCH3 is 1. The van der Waals surface area contributed by atoms with E-state index < -0.39 is 0 Å². The summed E-state index contributed by atoms with van der Waals surface area (Å²) in [5.41, 5.74) is 1.30. The first-order valence-electron chi connectivity index (χ1n) is 7.45. The summed E-state index contributed by atoms with van der Waals surface area (Å²) in [7, 11) is 3.74. The number of aromatic nitrogens is 3. The lowest BCUT2D eigenvalue weighted by Crippen LogP contribution is -2.34. The fourth-order valence-electron chi connectivity index (χ4n) is 3.10. The Morgan fingerprint density at radius 3 is 3.05 bits per heavy atom. The van der Waals surface area contributed by atoms with Crippen molar-refractivity contribution in [2.24, 2.45) is 7.05 Å². The molecule has 2 aromatic rings. The predicted molar refractivity (Wildman–Crippen MR) is 81.2 cm³/mol. The summed E-state index contributed by atoms with van der Waals surface area (Å²) in [6.07, 6.45) is 4.19. The largest absolute Gasteiger partial charge is 0.497 e. The third-order valence-corrected chi connectivity index (χ3v) is 4.16. The Labute approximate surface area is 125 Å². The lowest BCUT2D eigenvalue weighted by atomic mass is 9.96. The fourth-order valence-corrected chi connectivity index (χ4v) is 3.10. The Hall–Kier alpha value is -1.88. The smallest absolute Gasteiger partial charge is 0.136 e. The van der Waals surface area contributed by atoms with E-state index in [-0.39, 0.29) is 0 Å². The molecule has 1 fully saturated rings. The van der Waals surface area contributed by atoms with Gasteiger partial charge in [-0.2, -0.15) is 0 Å². The summed E-state index contributed by atoms with van der Waals surface area (Å²) >= 11 is 0. The van der Waals surface area contributed by atoms with Gasteiger partial charge in [-0.05, 0) is 37.1 Å². The second-order valence-electron chi connectivity index (χ2n) is 5.73. The maximum absolute atomic E-state index is 5.30. The number of benzene rings is 1. The molecule has 1 aliphatic heterocycles. The molecule has 21 heavy (non-hydrogen) atoms. The molecule has 3 rings (SSSR count). The maximum atomic E-state index is 5.30. The molecule has 0 spiro atoms. The number of piperidine rings is 1. The Morgan fingerprint density at radius 1 is 1.38 bits per heavy atom. The van der Waals surface area contributed by atoms with Gasteiger partial charge in [0.25, 0.3) is 0 Å². The Balaban J connectivity index is 1.67. The topological polar surface area (TPSA) is 43.2 Å². The van der Waals surface area contributed by atoms with Crippen LogP contribution in [-0.4, -0.2) is 39.9 Å². The molecular formula is C16H22N4O. The zero-order valence-electron chi connectivity index (χ0n) is 12.7. The summed E-state index contributed by atoms with van der Waals surface area (Å²) in [5, 5.41) is 8.28. The zero-order chi connectivity index (χ0) is 14.7. The third kappa shape index (κ3) is 3.24. The molecule has 0 N–H and O–H groups in total. The van der Waals surface area contributed by atoms with E-state index in [1.165, 1.54) is 18.4 Å². The standard InChI is InChI=1S/C16H22N4O/c1-19-12-17-18-16(19)14-6-4-8-20(11-14)10-13-5-3-7-15(9-13)21-2/h3,5,7,9,12,14H,4,6,8,10-11H2,1-2H3. The second-order valence-corrected chi connectivity index (χ2v) is 5.73. The minimum absolute atomic E-state index is 0.483. The average molecular weight is 286 g/mol. The van der Waals surface area contributed by atoms with Gasteiger partial charge in [-0.15, -0.1) is 10.2 Å². The SMILES string of the molecule is COc1cccc(CN2CCCC(c3nncn3C)C2)c1. The Morgan fingerprint density at radius 2 is 2.29 bits per heavy atom. The maximum Gasteiger partial charge on any atom is 0.136 e. The fraction of sp³-hybridized carbons (Fsp3) is 0.500. The highest BCUT2D eigenvalue weighted by Crippen LogP contribution is 2.26. The van der Waals surface area contributed by atoms with Crippen molar-refractivity contribution in [1.29, 1.82) is 0 Å². The van der Waals surface area contributed by atoms with Crippen LogP contribution in [-0.2, 0) is 13.6 Å². The van der Waals surface area contributed by atoms with Gasteiger partial charge in [0.05, 0.1) is 7.11 Å². The molecule has 5 nitrogen and oxygen atoms in total. The van der Waals surface area contributed by atoms with Gasteiger partial charge in [0.1, 0.15) is 17.9 Å². The summed E-state index contributed by atoms with van der Waals surface area (Å²) in [6, 6.07) is 8.32. The van der Waals surface area contributed by atoms with Crippen LogP contribution in [0.5, 0.6) is 5.75 Å². The van der Waals surface area contributed by atoms with Crippen molar-refractivity contribution in [3.63, 3.8) is 0 Å². The molecule has 5 heteroatoms. The molecule has 0 amide bonds. The van der Waals surface area contributed by atoms with Gasteiger partial charge < -0.3 is 9.30 Å². The highest BCUT2D eigenvalue weighted by atomic mass is 16.5. The van der Waals surface area contributed by atoms with Crippen molar-refractivity contribution in [3.05, 3.63) is 42.0 Å². The lowest BCUT2D eigenvalue weighted by Gasteiger charge is -2.32. The first-order chi connectivity index (χ1) is 10.3. The minimum Gasteiger partial charge on any atom is -0.497 e. The van der Waals surface area contributed by atoms with Crippen LogP contribution in [0, 0.1) is 0 Å². The molecule has 0 radical (unpaired) electrons. The lowest BCUT2D eigenvalue weighted by molar-refractivity contribution is 0.195. The van der Waals surface area contributed by atoms with Crippen LogP contribution in [0.2, 0.25) is 0 Å². The first kappa shape index (κ1) is 14.1. The molecule has 0 bridgehead atoms. The van der Waals surface area contributed by atoms with Crippen LogP contribution in [0.15, 0.2) is 30.6 Å². The number of ether oxygens (including phenoxy) is 1. The molecule has 1 atom stereocenters. The van der Waals surface area contributed by atoms with E-state index in [1.807, 2.05) is 17.7 Å². The van der Waals surface area contributed by atoms with Crippen molar-refractivity contribution in [1.82, 2.24) is 19.7 Å². The van der Waals surface area contributed by atoms with Crippen LogP contribution in [0.3, 0.4) is 0 Å². The number of aryl methyl sites for hydroxylation is 1. The molecule has 1 aliphatic rings. The molecule has 112 valence electrons. The normalized spacial score (nSPS) is 19.6. The van der Waals surface area contributed by atoms with Gasteiger partial charge in [-0.25, -0.2) is 0 Å². The average Bonchev–Trinajstić information content (AvgIpc) is 2.94. The molecule has 1 aromatic heterocycles. The summed E-state index contributed by atoms with van der Waals surface area (Å²) in [4.78, 5) is 2.50. The van der Waals surface area contributed by atoms with Crippen LogP contribution in [0.25, 0.3) is 0 Å². The van der Waals surface area contributed by atoms with Crippen molar-refractivity contribution in [2.75, 3.05) is 20.2 Å². The van der Waals surface area contributed by atoms with Crippen LogP contribution in [0.4, 0.5) is 0 Å².